The lowest BCUT2D eigenvalue weighted by Gasteiger charge is -2.60. The van der Waals surface area contributed by atoms with E-state index in [0.717, 1.165) is 47.3 Å². The van der Waals surface area contributed by atoms with Gasteiger partial charge in [-0.1, -0.05) is 89.9 Å². The predicted octanol–water partition coefficient (Wildman–Crippen LogP) is 8.01. The standard InChI is InChI=1S/C26H44/c1-3-11-19(12-4-1)25-21-15-7-9-17-23(21)26(20-13-5-2-6-14-20)24-18-10-8-16-22(24)25/h19-26H,1-18H2/t21-,22+,23+,24-,25?,26?. The highest BCUT2D eigenvalue weighted by atomic mass is 14.6. The maximum Gasteiger partial charge on any atom is -0.0324 e. The average molecular weight is 357 g/mol. The van der Waals surface area contributed by atoms with Gasteiger partial charge in [0, 0.05) is 0 Å². The van der Waals surface area contributed by atoms with E-state index in [0.29, 0.717) is 0 Å². The Morgan fingerprint density at radius 3 is 0.846 bits per heavy atom. The van der Waals surface area contributed by atoms with Crippen molar-refractivity contribution in [3.63, 3.8) is 0 Å². The molecule has 0 aliphatic heterocycles. The molecule has 2 unspecified atom stereocenters. The van der Waals surface area contributed by atoms with Gasteiger partial charge in [-0.15, -0.1) is 0 Å². The zero-order chi connectivity index (χ0) is 17.3. The maximum absolute atomic E-state index is 1.62. The van der Waals surface area contributed by atoms with Crippen LogP contribution in [0, 0.1) is 47.3 Å². The van der Waals surface area contributed by atoms with E-state index in [-0.39, 0.29) is 0 Å². The van der Waals surface area contributed by atoms with E-state index < -0.39 is 0 Å². The molecule has 0 saturated heterocycles. The van der Waals surface area contributed by atoms with Gasteiger partial charge in [0.1, 0.15) is 0 Å². The van der Waals surface area contributed by atoms with Gasteiger partial charge in [0.05, 0.1) is 0 Å². The summed E-state index contributed by atoms with van der Waals surface area (Å²) < 4.78 is 0. The summed E-state index contributed by atoms with van der Waals surface area (Å²) in [6.45, 7) is 0. The van der Waals surface area contributed by atoms with Crippen LogP contribution in [0.1, 0.15) is 116 Å². The number of hydrogen-bond acceptors (Lipinski definition) is 0. The highest BCUT2D eigenvalue weighted by Crippen LogP contribution is 2.61. The summed E-state index contributed by atoms with van der Waals surface area (Å²) in [6.07, 6.45) is 28.5. The van der Waals surface area contributed by atoms with Crippen LogP contribution in [-0.2, 0) is 0 Å². The normalized spacial score (nSPS) is 45.7. The molecule has 5 saturated carbocycles. The Kier molecular flexibility index (Phi) is 5.67. The third-order valence-corrected chi connectivity index (χ3v) is 10.1. The summed E-state index contributed by atoms with van der Waals surface area (Å²) in [7, 11) is 0. The van der Waals surface area contributed by atoms with E-state index >= 15 is 0 Å². The van der Waals surface area contributed by atoms with Crippen molar-refractivity contribution in [2.24, 2.45) is 47.3 Å². The van der Waals surface area contributed by atoms with Gasteiger partial charge in [-0.2, -0.15) is 0 Å². The number of fused-ring (bicyclic) bond motifs is 2. The van der Waals surface area contributed by atoms with Crippen LogP contribution in [0.5, 0.6) is 0 Å². The summed E-state index contributed by atoms with van der Waals surface area (Å²) in [6, 6.07) is 0. The molecule has 26 heavy (non-hydrogen) atoms. The van der Waals surface area contributed by atoms with Crippen LogP contribution in [-0.4, -0.2) is 0 Å². The largest absolute Gasteiger partial charge is 0.0533 e. The van der Waals surface area contributed by atoms with Crippen molar-refractivity contribution in [3.05, 3.63) is 0 Å². The molecular weight excluding hydrogens is 312 g/mol. The van der Waals surface area contributed by atoms with Crippen LogP contribution in [0.15, 0.2) is 0 Å². The highest BCUT2D eigenvalue weighted by Gasteiger charge is 2.54. The molecule has 148 valence electrons. The summed E-state index contributed by atoms with van der Waals surface area (Å²) >= 11 is 0. The summed E-state index contributed by atoms with van der Waals surface area (Å²) in [5.74, 6) is 9.18. The van der Waals surface area contributed by atoms with Crippen LogP contribution in [0.4, 0.5) is 0 Å². The van der Waals surface area contributed by atoms with E-state index in [9.17, 15) is 0 Å². The Hall–Kier alpha value is 0. The minimum atomic E-state index is 1.13. The molecule has 0 aromatic rings. The predicted molar refractivity (Wildman–Crippen MR) is 111 cm³/mol. The molecule has 0 radical (unpaired) electrons. The lowest BCUT2D eigenvalue weighted by Crippen LogP contribution is -2.53. The second-order valence-electron chi connectivity index (χ2n) is 11.2. The quantitative estimate of drug-likeness (QED) is 0.470. The van der Waals surface area contributed by atoms with Crippen molar-refractivity contribution in [3.8, 4) is 0 Å². The summed E-state index contributed by atoms with van der Waals surface area (Å²) in [4.78, 5) is 0. The first-order valence-electron chi connectivity index (χ1n) is 12.9. The van der Waals surface area contributed by atoms with Crippen molar-refractivity contribution >= 4 is 0 Å². The molecule has 0 heterocycles. The van der Waals surface area contributed by atoms with Gasteiger partial charge in [0.25, 0.3) is 0 Å². The monoisotopic (exact) mass is 356 g/mol. The molecule has 6 atom stereocenters. The van der Waals surface area contributed by atoms with Crippen LogP contribution in [0.3, 0.4) is 0 Å². The fourth-order valence-corrected chi connectivity index (χ4v) is 9.36. The molecule has 5 aliphatic carbocycles. The van der Waals surface area contributed by atoms with Crippen molar-refractivity contribution < 1.29 is 0 Å². The Morgan fingerprint density at radius 2 is 0.538 bits per heavy atom. The minimum Gasteiger partial charge on any atom is -0.0533 e. The van der Waals surface area contributed by atoms with Crippen molar-refractivity contribution in [1.29, 1.82) is 0 Å². The lowest BCUT2D eigenvalue weighted by molar-refractivity contribution is -0.111. The Bertz CT molecular complexity index is 375. The van der Waals surface area contributed by atoms with Gasteiger partial charge in [-0.3, -0.25) is 0 Å². The topological polar surface area (TPSA) is 0 Å². The molecule has 0 spiro atoms. The molecule has 0 aromatic heterocycles. The third-order valence-electron chi connectivity index (χ3n) is 10.1. The first-order valence-corrected chi connectivity index (χ1v) is 12.9. The van der Waals surface area contributed by atoms with E-state index in [1.807, 2.05) is 0 Å². The second-order valence-corrected chi connectivity index (χ2v) is 11.2. The van der Waals surface area contributed by atoms with Crippen molar-refractivity contribution in [2.45, 2.75) is 116 Å². The Balaban J connectivity index is 1.46. The third kappa shape index (κ3) is 3.30. The minimum absolute atomic E-state index is 1.13. The first kappa shape index (κ1) is 18.1. The van der Waals surface area contributed by atoms with Gasteiger partial charge >= 0.3 is 0 Å². The zero-order valence-electron chi connectivity index (χ0n) is 17.3. The summed E-state index contributed by atoms with van der Waals surface area (Å²) in [5.41, 5.74) is 0. The van der Waals surface area contributed by atoms with Crippen molar-refractivity contribution in [2.75, 3.05) is 0 Å². The molecule has 5 aliphatic rings. The molecule has 5 rings (SSSR count). The van der Waals surface area contributed by atoms with E-state index in [2.05, 4.69) is 0 Å². The van der Waals surface area contributed by atoms with Gasteiger partial charge in [0.2, 0.25) is 0 Å². The number of rotatable bonds is 2. The van der Waals surface area contributed by atoms with Crippen LogP contribution < -0.4 is 0 Å². The van der Waals surface area contributed by atoms with Crippen LogP contribution in [0.2, 0.25) is 0 Å². The van der Waals surface area contributed by atoms with Gasteiger partial charge in [-0.25, -0.2) is 0 Å². The molecular formula is C26H44. The SMILES string of the molecule is C1CCC(C2[C@H]3CCCC[C@H]3C(C3CCCCC3)[C@H]3CCCC[C@@H]23)CC1. The van der Waals surface area contributed by atoms with Gasteiger partial charge in [-0.05, 0) is 73.0 Å². The number of hydrogen-bond donors (Lipinski definition) is 0. The molecule has 5 fully saturated rings. The fourth-order valence-electron chi connectivity index (χ4n) is 9.36. The van der Waals surface area contributed by atoms with E-state index in [4.69, 9.17) is 0 Å². The average Bonchev–Trinajstić information content (AvgIpc) is 2.73. The van der Waals surface area contributed by atoms with Crippen LogP contribution in [0.25, 0.3) is 0 Å². The lowest BCUT2D eigenvalue weighted by atomic mass is 9.45. The van der Waals surface area contributed by atoms with Crippen molar-refractivity contribution in [1.82, 2.24) is 0 Å². The molecule has 0 bridgehead atoms. The highest BCUT2D eigenvalue weighted by molar-refractivity contribution is 5.03. The summed E-state index contributed by atoms with van der Waals surface area (Å²) in [5, 5.41) is 0. The molecule has 0 aromatic carbocycles. The van der Waals surface area contributed by atoms with E-state index in [1.54, 1.807) is 103 Å². The zero-order valence-corrected chi connectivity index (χ0v) is 17.3. The first-order chi connectivity index (χ1) is 12.9. The van der Waals surface area contributed by atoms with Crippen LogP contribution >= 0.6 is 0 Å². The van der Waals surface area contributed by atoms with Gasteiger partial charge in [0.15, 0.2) is 0 Å². The molecule has 0 heteroatoms. The molecule has 0 amide bonds. The smallest absolute Gasteiger partial charge is 0.0324 e. The fraction of sp³-hybridized carbons (Fsp3) is 1.00. The molecule has 0 N–H and O–H groups in total. The van der Waals surface area contributed by atoms with Gasteiger partial charge < -0.3 is 0 Å². The Morgan fingerprint density at radius 1 is 0.269 bits per heavy atom. The van der Waals surface area contributed by atoms with E-state index in [1.165, 1.54) is 12.8 Å². The molecule has 0 nitrogen and oxygen atoms in total. The second kappa shape index (κ2) is 8.16. The maximum atomic E-state index is 1.62. The Labute approximate surface area is 163 Å².